The highest BCUT2D eigenvalue weighted by Crippen LogP contribution is 2.21. The molecule has 2 rings (SSSR count). The molecule has 0 aliphatic heterocycles. The van der Waals surface area contributed by atoms with Gasteiger partial charge in [-0.3, -0.25) is 4.79 Å². The van der Waals surface area contributed by atoms with Gasteiger partial charge in [0.2, 0.25) is 15.9 Å². The molecule has 0 spiro atoms. The molecule has 5 nitrogen and oxygen atoms in total. The van der Waals surface area contributed by atoms with Crippen molar-refractivity contribution < 1.29 is 13.2 Å². The Labute approximate surface area is 124 Å². The predicted octanol–water partition coefficient (Wildman–Crippen LogP) is 1.60. The first-order valence-corrected chi connectivity index (χ1v) is 8.11. The lowest BCUT2D eigenvalue weighted by molar-refractivity contribution is -0.121. The quantitative estimate of drug-likeness (QED) is 0.912. The van der Waals surface area contributed by atoms with Crippen LogP contribution in [-0.2, 0) is 14.8 Å². The molecule has 0 atom stereocenters. The van der Waals surface area contributed by atoms with Gasteiger partial charge in [-0.2, -0.15) is 4.31 Å². The van der Waals surface area contributed by atoms with Gasteiger partial charge in [-0.25, -0.2) is 8.42 Å². The summed E-state index contributed by atoms with van der Waals surface area (Å²) in [5.41, 5.74) is 0. The monoisotopic (exact) mass is 306 g/mol. The minimum absolute atomic E-state index is 0.188. The number of amides is 1. The lowest BCUT2D eigenvalue weighted by Gasteiger charge is -2.17. The second-order valence-corrected chi connectivity index (χ2v) is 6.77. The second kappa shape index (κ2) is 6.24. The van der Waals surface area contributed by atoms with E-state index in [9.17, 15) is 13.2 Å². The zero-order valence-electron chi connectivity index (χ0n) is 12.0. The molecule has 1 amide bonds. The molecule has 2 aromatic carbocycles. The molecule has 0 heterocycles. The predicted molar refractivity (Wildman–Crippen MR) is 82.4 cm³/mol. The van der Waals surface area contributed by atoms with Gasteiger partial charge in [0.1, 0.15) is 0 Å². The Kier molecular flexibility index (Phi) is 4.59. The van der Waals surface area contributed by atoms with Crippen molar-refractivity contribution in [2.45, 2.75) is 11.8 Å². The maximum Gasteiger partial charge on any atom is 0.243 e. The van der Waals surface area contributed by atoms with Gasteiger partial charge in [-0.05, 0) is 29.8 Å². The molecule has 0 aliphatic rings. The van der Waals surface area contributed by atoms with Crippen molar-refractivity contribution in [1.82, 2.24) is 9.62 Å². The summed E-state index contributed by atoms with van der Waals surface area (Å²) >= 11 is 0. The molecular formula is C15H18N2O3S. The molecular weight excluding hydrogens is 288 g/mol. The number of hydrogen-bond acceptors (Lipinski definition) is 3. The fourth-order valence-corrected chi connectivity index (χ4v) is 3.21. The van der Waals surface area contributed by atoms with Crippen LogP contribution in [0.2, 0.25) is 0 Å². The zero-order chi connectivity index (χ0) is 15.5. The number of carbonyl (C=O) groups excluding carboxylic acids is 1. The van der Waals surface area contributed by atoms with Crippen LogP contribution in [-0.4, -0.2) is 38.8 Å². The van der Waals surface area contributed by atoms with Crippen molar-refractivity contribution in [3.8, 4) is 0 Å². The summed E-state index contributed by atoms with van der Waals surface area (Å²) in [4.78, 5) is 11.7. The van der Waals surface area contributed by atoms with Gasteiger partial charge in [-0.15, -0.1) is 0 Å². The molecule has 0 radical (unpaired) electrons. The van der Waals surface area contributed by atoms with E-state index in [4.69, 9.17) is 0 Å². The standard InChI is InChI=1S/C15H18N2O3S/c1-3-16-15(18)11-17(2)21(19,20)14-9-8-12-6-4-5-7-13(12)10-14/h4-10H,3,11H2,1-2H3,(H,16,18). The van der Waals surface area contributed by atoms with Gasteiger partial charge in [0, 0.05) is 13.6 Å². The number of fused-ring (bicyclic) bond motifs is 1. The van der Waals surface area contributed by atoms with Crippen molar-refractivity contribution in [3.05, 3.63) is 42.5 Å². The van der Waals surface area contributed by atoms with Crippen LogP contribution in [0.15, 0.2) is 47.4 Å². The Bertz CT molecular complexity index is 756. The van der Waals surface area contributed by atoms with Gasteiger partial charge < -0.3 is 5.32 Å². The van der Waals surface area contributed by atoms with Gasteiger partial charge in [-0.1, -0.05) is 30.3 Å². The lowest BCUT2D eigenvalue weighted by atomic mass is 10.1. The third-order valence-electron chi connectivity index (χ3n) is 3.17. The number of hydrogen-bond donors (Lipinski definition) is 1. The van der Waals surface area contributed by atoms with E-state index in [0.29, 0.717) is 6.54 Å². The van der Waals surface area contributed by atoms with Crippen LogP contribution >= 0.6 is 0 Å². The molecule has 21 heavy (non-hydrogen) atoms. The Hall–Kier alpha value is -1.92. The van der Waals surface area contributed by atoms with Crippen LogP contribution < -0.4 is 5.32 Å². The summed E-state index contributed by atoms with van der Waals surface area (Å²) in [7, 11) is -2.27. The molecule has 0 unspecified atom stereocenters. The maximum absolute atomic E-state index is 12.5. The van der Waals surface area contributed by atoms with Crippen molar-refractivity contribution in [2.24, 2.45) is 0 Å². The zero-order valence-corrected chi connectivity index (χ0v) is 12.9. The molecule has 0 aliphatic carbocycles. The average Bonchev–Trinajstić information content (AvgIpc) is 2.46. The molecule has 0 saturated heterocycles. The lowest BCUT2D eigenvalue weighted by Crippen LogP contribution is -2.38. The molecule has 0 bridgehead atoms. The van der Waals surface area contributed by atoms with Gasteiger partial charge in [0.25, 0.3) is 0 Å². The summed E-state index contributed by atoms with van der Waals surface area (Å²) in [6.07, 6.45) is 0. The second-order valence-electron chi connectivity index (χ2n) is 4.72. The molecule has 112 valence electrons. The normalized spacial score (nSPS) is 11.8. The van der Waals surface area contributed by atoms with Crippen LogP contribution in [0.5, 0.6) is 0 Å². The van der Waals surface area contributed by atoms with Crippen molar-refractivity contribution in [2.75, 3.05) is 20.1 Å². The van der Waals surface area contributed by atoms with Gasteiger partial charge in [0.05, 0.1) is 11.4 Å². The van der Waals surface area contributed by atoms with E-state index < -0.39 is 10.0 Å². The highest BCUT2D eigenvalue weighted by molar-refractivity contribution is 7.89. The number of sulfonamides is 1. The fraction of sp³-hybridized carbons (Fsp3) is 0.267. The van der Waals surface area contributed by atoms with E-state index in [2.05, 4.69) is 5.32 Å². The number of nitrogens with zero attached hydrogens (tertiary/aromatic N) is 1. The summed E-state index contributed by atoms with van der Waals surface area (Å²) in [6, 6.07) is 12.5. The average molecular weight is 306 g/mol. The largest absolute Gasteiger partial charge is 0.355 e. The van der Waals surface area contributed by atoms with Gasteiger partial charge in [0.15, 0.2) is 0 Å². The number of likely N-dealkylation sites (N-methyl/N-ethyl adjacent to an activating group) is 2. The minimum Gasteiger partial charge on any atom is -0.355 e. The fourth-order valence-electron chi connectivity index (χ4n) is 2.05. The van der Waals surface area contributed by atoms with Crippen molar-refractivity contribution in [3.63, 3.8) is 0 Å². The Morgan fingerprint density at radius 1 is 1.14 bits per heavy atom. The Morgan fingerprint density at radius 2 is 1.81 bits per heavy atom. The topological polar surface area (TPSA) is 66.5 Å². The number of rotatable bonds is 5. The number of benzene rings is 2. The van der Waals surface area contributed by atoms with Crippen LogP contribution in [0.4, 0.5) is 0 Å². The first kappa shape index (κ1) is 15.5. The van der Waals surface area contributed by atoms with Crippen molar-refractivity contribution >= 4 is 26.7 Å². The molecule has 0 aromatic heterocycles. The molecule has 1 N–H and O–H groups in total. The first-order chi connectivity index (χ1) is 9.95. The number of carbonyl (C=O) groups is 1. The van der Waals surface area contributed by atoms with Crippen LogP contribution in [0, 0.1) is 0 Å². The third-order valence-corrected chi connectivity index (χ3v) is 4.97. The van der Waals surface area contributed by atoms with E-state index in [1.54, 1.807) is 25.1 Å². The maximum atomic E-state index is 12.5. The highest BCUT2D eigenvalue weighted by atomic mass is 32.2. The van der Waals surface area contributed by atoms with Crippen molar-refractivity contribution in [1.29, 1.82) is 0 Å². The summed E-state index contributed by atoms with van der Waals surface area (Å²) in [5, 5.41) is 4.41. The Morgan fingerprint density at radius 3 is 2.48 bits per heavy atom. The van der Waals surface area contributed by atoms with E-state index in [1.165, 1.54) is 7.05 Å². The minimum atomic E-state index is -3.67. The van der Waals surface area contributed by atoms with E-state index in [1.807, 2.05) is 24.3 Å². The van der Waals surface area contributed by atoms with Gasteiger partial charge >= 0.3 is 0 Å². The molecule has 6 heteroatoms. The van der Waals surface area contributed by atoms with Crippen LogP contribution in [0.25, 0.3) is 10.8 Å². The van der Waals surface area contributed by atoms with E-state index in [0.717, 1.165) is 15.1 Å². The summed E-state index contributed by atoms with van der Waals surface area (Å²) < 4.78 is 26.0. The van der Waals surface area contributed by atoms with Crippen LogP contribution in [0.1, 0.15) is 6.92 Å². The van der Waals surface area contributed by atoms with E-state index in [-0.39, 0.29) is 17.3 Å². The summed E-state index contributed by atoms with van der Waals surface area (Å²) in [5.74, 6) is -0.315. The summed E-state index contributed by atoms with van der Waals surface area (Å²) in [6.45, 7) is 2.07. The highest BCUT2D eigenvalue weighted by Gasteiger charge is 2.22. The molecule has 2 aromatic rings. The van der Waals surface area contributed by atoms with E-state index >= 15 is 0 Å². The number of nitrogens with one attached hydrogen (secondary N) is 1. The Balaban J connectivity index is 2.30. The van der Waals surface area contributed by atoms with Crippen LogP contribution in [0.3, 0.4) is 0 Å². The molecule has 0 saturated carbocycles. The first-order valence-electron chi connectivity index (χ1n) is 6.67. The smallest absolute Gasteiger partial charge is 0.243 e. The molecule has 0 fully saturated rings. The third kappa shape index (κ3) is 3.40. The SMILES string of the molecule is CCNC(=O)CN(C)S(=O)(=O)c1ccc2ccccc2c1.